The van der Waals surface area contributed by atoms with Gasteiger partial charge in [0, 0.05) is 15.9 Å². The van der Waals surface area contributed by atoms with Crippen LogP contribution in [0.4, 0.5) is 0 Å². The number of rotatable bonds is 4. The maximum Gasteiger partial charge on any atom is 0.138 e. The molecule has 4 heteroatoms. The first kappa shape index (κ1) is 13.5. The minimum Gasteiger partial charge on any atom is -0.495 e. The highest BCUT2D eigenvalue weighted by Crippen LogP contribution is 2.43. The molecule has 1 atom stereocenters. The third kappa shape index (κ3) is 3.10. The summed E-state index contributed by atoms with van der Waals surface area (Å²) in [6.07, 6.45) is 5.16. The van der Waals surface area contributed by atoms with E-state index in [-0.39, 0.29) is 4.83 Å². The molecule has 0 saturated heterocycles. The molecule has 2 rings (SSSR count). The first-order valence-corrected chi connectivity index (χ1v) is 7.46. The molecule has 1 aromatic rings. The van der Waals surface area contributed by atoms with Crippen LogP contribution in [0.15, 0.2) is 12.1 Å². The maximum absolute atomic E-state index is 6.25. The summed E-state index contributed by atoms with van der Waals surface area (Å²) in [4.78, 5) is 0.281. The van der Waals surface area contributed by atoms with E-state index >= 15 is 0 Å². The van der Waals surface area contributed by atoms with Crippen LogP contribution in [0.3, 0.4) is 0 Å². The Bertz CT molecular complexity index is 405. The summed E-state index contributed by atoms with van der Waals surface area (Å²) in [7, 11) is 1.59. The van der Waals surface area contributed by atoms with Gasteiger partial charge >= 0.3 is 0 Å². The lowest BCUT2D eigenvalue weighted by Gasteiger charge is -2.28. The highest BCUT2D eigenvalue weighted by molar-refractivity contribution is 9.09. The third-order valence-corrected chi connectivity index (χ3v) is 4.86. The average molecular weight is 338 g/mol. The van der Waals surface area contributed by atoms with Crippen molar-refractivity contribution in [2.45, 2.75) is 30.5 Å². The molecule has 1 unspecified atom stereocenters. The molecule has 1 aliphatic rings. The van der Waals surface area contributed by atoms with Crippen LogP contribution in [0.1, 0.15) is 36.1 Å². The van der Waals surface area contributed by atoms with Gasteiger partial charge in [-0.2, -0.15) is 0 Å². The second-order valence-electron chi connectivity index (χ2n) is 4.51. The number of ether oxygens (including phenoxy) is 1. The van der Waals surface area contributed by atoms with Crippen LogP contribution in [0.25, 0.3) is 0 Å². The molecule has 1 nitrogen and oxygen atoms in total. The van der Waals surface area contributed by atoms with E-state index in [2.05, 4.69) is 15.9 Å². The third-order valence-electron chi connectivity index (χ3n) is 3.37. The van der Waals surface area contributed by atoms with Gasteiger partial charge in [-0.3, -0.25) is 0 Å². The van der Waals surface area contributed by atoms with E-state index in [1.54, 1.807) is 13.2 Å². The molecule has 0 heterocycles. The average Bonchev–Trinajstić information content (AvgIpc) is 2.25. The predicted molar refractivity (Wildman–Crippen MR) is 76.6 cm³/mol. The van der Waals surface area contributed by atoms with E-state index in [1.165, 1.54) is 19.3 Å². The summed E-state index contributed by atoms with van der Waals surface area (Å²) in [5.74, 6) is 1.46. The summed E-state index contributed by atoms with van der Waals surface area (Å²) in [5, 5.41) is 1.33. The van der Waals surface area contributed by atoms with Gasteiger partial charge in [-0.25, -0.2) is 0 Å². The fourth-order valence-electron chi connectivity index (χ4n) is 2.09. The number of hydrogen-bond donors (Lipinski definition) is 0. The minimum absolute atomic E-state index is 0.281. The fraction of sp³-hybridized carbons (Fsp3) is 0.538. The van der Waals surface area contributed by atoms with Gasteiger partial charge in [-0.1, -0.05) is 58.4 Å². The van der Waals surface area contributed by atoms with Crippen molar-refractivity contribution >= 4 is 39.1 Å². The Labute approximate surface area is 121 Å². The second kappa shape index (κ2) is 5.81. The number of benzene rings is 1. The van der Waals surface area contributed by atoms with Gasteiger partial charge in [0.1, 0.15) is 5.75 Å². The lowest BCUT2D eigenvalue weighted by atomic mass is 9.81. The molecule has 0 aromatic heterocycles. The van der Waals surface area contributed by atoms with E-state index in [0.717, 1.165) is 17.9 Å². The van der Waals surface area contributed by atoms with E-state index in [9.17, 15) is 0 Å². The Kier molecular flexibility index (Phi) is 4.62. The lowest BCUT2D eigenvalue weighted by Crippen LogP contribution is -2.13. The van der Waals surface area contributed by atoms with Gasteiger partial charge in [-0.15, -0.1) is 0 Å². The van der Waals surface area contributed by atoms with E-state index < -0.39 is 0 Å². The highest BCUT2D eigenvalue weighted by atomic mass is 79.9. The minimum atomic E-state index is 0.281. The molecule has 0 N–H and O–H groups in total. The molecular formula is C13H15BrCl2O. The summed E-state index contributed by atoms with van der Waals surface area (Å²) in [6, 6.07) is 3.69. The Morgan fingerprint density at radius 3 is 2.59 bits per heavy atom. The fourth-order valence-corrected chi connectivity index (χ4v) is 3.66. The van der Waals surface area contributed by atoms with Crippen LogP contribution in [0.5, 0.6) is 5.75 Å². The molecule has 17 heavy (non-hydrogen) atoms. The van der Waals surface area contributed by atoms with Crippen molar-refractivity contribution in [3.8, 4) is 5.75 Å². The Morgan fingerprint density at radius 2 is 2.06 bits per heavy atom. The molecule has 0 bridgehead atoms. The van der Waals surface area contributed by atoms with Crippen molar-refractivity contribution in [2.75, 3.05) is 7.11 Å². The Balaban J connectivity index is 2.16. The van der Waals surface area contributed by atoms with Gasteiger partial charge in [0.15, 0.2) is 0 Å². The largest absolute Gasteiger partial charge is 0.495 e. The standard InChI is InChI=1S/C13H15BrCl2O/c1-17-13-7-11(15)9(6-12(13)16)10(14)5-8-3-2-4-8/h6-8,10H,2-5H2,1H3. The topological polar surface area (TPSA) is 9.23 Å². The molecule has 0 radical (unpaired) electrons. The number of halogens is 3. The number of hydrogen-bond acceptors (Lipinski definition) is 1. The van der Waals surface area contributed by atoms with Gasteiger partial charge < -0.3 is 4.74 Å². The molecule has 1 aliphatic carbocycles. The summed E-state index contributed by atoms with van der Waals surface area (Å²) in [6.45, 7) is 0. The first-order valence-electron chi connectivity index (χ1n) is 5.78. The van der Waals surface area contributed by atoms with Gasteiger partial charge in [0.05, 0.1) is 12.1 Å². The van der Waals surface area contributed by atoms with Crippen LogP contribution in [-0.4, -0.2) is 7.11 Å². The SMILES string of the molecule is COc1cc(Cl)c(C(Br)CC2CCC2)cc1Cl. The normalized spacial score (nSPS) is 17.6. The zero-order valence-electron chi connectivity index (χ0n) is 9.68. The highest BCUT2D eigenvalue weighted by Gasteiger charge is 2.23. The van der Waals surface area contributed by atoms with Crippen molar-refractivity contribution in [1.29, 1.82) is 0 Å². The van der Waals surface area contributed by atoms with Crippen LogP contribution in [-0.2, 0) is 0 Å². The van der Waals surface area contributed by atoms with Crippen molar-refractivity contribution in [3.05, 3.63) is 27.7 Å². The molecule has 1 saturated carbocycles. The first-order chi connectivity index (χ1) is 8.11. The van der Waals surface area contributed by atoms with Crippen molar-refractivity contribution < 1.29 is 4.74 Å². The zero-order valence-corrected chi connectivity index (χ0v) is 12.8. The molecule has 0 spiro atoms. The Hall–Kier alpha value is 0.0800. The Morgan fingerprint density at radius 1 is 1.35 bits per heavy atom. The maximum atomic E-state index is 6.25. The molecule has 94 valence electrons. The molecule has 1 fully saturated rings. The summed E-state index contributed by atoms with van der Waals surface area (Å²) >= 11 is 16.1. The van der Waals surface area contributed by atoms with Gasteiger partial charge in [-0.05, 0) is 24.0 Å². The monoisotopic (exact) mass is 336 g/mol. The van der Waals surface area contributed by atoms with Crippen molar-refractivity contribution in [3.63, 3.8) is 0 Å². The van der Waals surface area contributed by atoms with Crippen LogP contribution >= 0.6 is 39.1 Å². The number of methoxy groups -OCH3 is 1. The quantitative estimate of drug-likeness (QED) is 0.647. The summed E-state index contributed by atoms with van der Waals surface area (Å²) in [5.41, 5.74) is 1.06. The van der Waals surface area contributed by atoms with Crippen LogP contribution in [0.2, 0.25) is 10.0 Å². The zero-order chi connectivity index (χ0) is 12.4. The molecule has 1 aromatic carbocycles. The number of alkyl halides is 1. The van der Waals surface area contributed by atoms with E-state index in [4.69, 9.17) is 27.9 Å². The van der Waals surface area contributed by atoms with E-state index in [0.29, 0.717) is 15.8 Å². The predicted octanol–water partition coefficient (Wildman–Crippen LogP) is 5.63. The lowest BCUT2D eigenvalue weighted by molar-refractivity contribution is 0.295. The molecule has 0 amide bonds. The van der Waals surface area contributed by atoms with Crippen molar-refractivity contribution in [2.24, 2.45) is 5.92 Å². The van der Waals surface area contributed by atoms with E-state index in [1.807, 2.05) is 6.07 Å². The van der Waals surface area contributed by atoms with Crippen molar-refractivity contribution in [1.82, 2.24) is 0 Å². The smallest absolute Gasteiger partial charge is 0.138 e. The van der Waals surface area contributed by atoms with Gasteiger partial charge in [0.25, 0.3) is 0 Å². The summed E-state index contributed by atoms with van der Waals surface area (Å²) < 4.78 is 5.14. The van der Waals surface area contributed by atoms with Crippen LogP contribution < -0.4 is 4.74 Å². The van der Waals surface area contributed by atoms with Crippen LogP contribution in [0, 0.1) is 5.92 Å². The molecule has 0 aliphatic heterocycles. The second-order valence-corrected chi connectivity index (χ2v) is 6.43. The molecular weight excluding hydrogens is 323 g/mol. The van der Waals surface area contributed by atoms with Gasteiger partial charge in [0.2, 0.25) is 0 Å².